The average Bonchev–Trinajstić information content (AvgIpc) is 3.04. The molecule has 2 aromatic rings. The number of ether oxygens (including phenoxy) is 2. The molecule has 23 heavy (non-hydrogen) atoms. The van der Waals surface area contributed by atoms with Gasteiger partial charge < -0.3 is 18.8 Å². The number of amides is 1. The molecule has 1 amide bonds. The Morgan fingerprint density at radius 3 is 2.74 bits per heavy atom. The van der Waals surface area contributed by atoms with Crippen molar-refractivity contribution in [3.63, 3.8) is 0 Å². The third-order valence-corrected chi connectivity index (χ3v) is 4.01. The summed E-state index contributed by atoms with van der Waals surface area (Å²) in [6.45, 7) is 4.87. The van der Waals surface area contributed by atoms with Crippen molar-refractivity contribution in [1.82, 2.24) is 9.88 Å². The van der Waals surface area contributed by atoms with E-state index < -0.39 is 5.54 Å². The summed E-state index contributed by atoms with van der Waals surface area (Å²) in [7, 11) is 1.45. The summed E-state index contributed by atoms with van der Waals surface area (Å²) in [5.74, 6) is -0.189. The molecule has 1 aromatic carbocycles. The number of oxazole rings is 1. The number of carbonyl (C=O) groups excluding carboxylic acids is 1. The van der Waals surface area contributed by atoms with Crippen LogP contribution in [0.5, 0.6) is 6.08 Å². The van der Waals surface area contributed by atoms with E-state index in [1.807, 2.05) is 44.2 Å². The predicted molar refractivity (Wildman–Crippen MR) is 83.3 cm³/mol. The minimum absolute atomic E-state index is 0.0824. The zero-order valence-electron chi connectivity index (χ0n) is 13.5. The van der Waals surface area contributed by atoms with Crippen LogP contribution in [0.15, 0.2) is 41.0 Å². The molecule has 1 saturated heterocycles. The minimum atomic E-state index is -0.422. The van der Waals surface area contributed by atoms with Gasteiger partial charge in [-0.1, -0.05) is 30.3 Å². The Morgan fingerprint density at radius 2 is 2.09 bits per heavy atom. The van der Waals surface area contributed by atoms with Gasteiger partial charge in [-0.15, -0.1) is 0 Å². The van der Waals surface area contributed by atoms with E-state index in [1.165, 1.54) is 13.4 Å². The second-order valence-corrected chi connectivity index (χ2v) is 6.14. The van der Waals surface area contributed by atoms with E-state index in [-0.39, 0.29) is 23.8 Å². The molecule has 0 saturated carbocycles. The molecule has 6 heteroatoms. The van der Waals surface area contributed by atoms with Crippen molar-refractivity contribution in [3.8, 4) is 6.08 Å². The lowest BCUT2D eigenvalue weighted by atomic mass is 9.97. The van der Waals surface area contributed by atoms with Gasteiger partial charge in [0.05, 0.1) is 25.8 Å². The Hall–Kier alpha value is -2.34. The average molecular weight is 316 g/mol. The number of rotatable bonds is 3. The molecule has 0 aliphatic carbocycles. The standard InChI is InChI=1S/C17H20N2O4/c1-17(2)11-23-14(12-7-5-4-6-8-12)9-19(17)15(20)13-10-22-16(18-13)21-3/h4-8,10,14H,9,11H2,1-3H3. The number of hydrogen-bond acceptors (Lipinski definition) is 5. The molecule has 6 nitrogen and oxygen atoms in total. The van der Waals surface area contributed by atoms with E-state index in [9.17, 15) is 4.79 Å². The number of nitrogens with zero attached hydrogens (tertiary/aromatic N) is 2. The molecule has 1 aromatic heterocycles. The van der Waals surface area contributed by atoms with E-state index in [0.29, 0.717) is 13.2 Å². The van der Waals surface area contributed by atoms with Crippen LogP contribution in [0, 0.1) is 0 Å². The van der Waals surface area contributed by atoms with Crippen molar-refractivity contribution < 1.29 is 18.7 Å². The van der Waals surface area contributed by atoms with Crippen molar-refractivity contribution >= 4 is 5.91 Å². The number of aromatic nitrogens is 1. The Labute approximate surface area is 135 Å². The third kappa shape index (κ3) is 3.07. The Balaban J connectivity index is 1.84. The zero-order chi connectivity index (χ0) is 16.4. The first-order valence-corrected chi connectivity index (χ1v) is 7.49. The molecule has 0 spiro atoms. The molecule has 3 rings (SSSR count). The van der Waals surface area contributed by atoms with Crippen molar-refractivity contribution in [2.24, 2.45) is 0 Å². The molecule has 1 fully saturated rings. The van der Waals surface area contributed by atoms with Gasteiger partial charge in [0, 0.05) is 0 Å². The normalized spacial score (nSPS) is 20.3. The van der Waals surface area contributed by atoms with Gasteiger partial charge in [-0.2, -0.15) is 4.98 Å². The van der Waals surface area contributed by atoms with Crippen LogP contribution < -0.4 is 4.74 Å². The van der Waals surface area contributed by atoms with E-state index >= 15 is 0 Å². The second-order valence-electron chi connectivity index (χ2n) is 6.14. The minimum Gasteiger partial charge on any atom is -0.454 e. The summed E-state index contributed by atoms with van der Waals surface area (Å²) in [6, 6.07) is 9.90. The van der Waals surface area contributed by atoms with E-state index in [4.69, 9.17) is 13.9 Å². The van der Waals surface area contributed by atoms with Crippen LogP contribution in [0.3, 0.4) is 0 Å². The zero-order valence-corrected chi connectivity index (χ0v) is 13.5. The molecular weight excluding hydrogens is 296 g/mol. The summed E-state index contributed by atoms with van der Waals surface area (Å²) >= 11 is 0. The van der Waals surface area contributed by atoms with Gasteiger partial charge >= 0.3 is 6.08 Å². The number of morpholine rings is 1. The van der Waals surface area contributed by atoms with Gasteiger partial charge in [0.1, 0.15) is 12.4 Å². The van der Waals surface area contributed by atoms with Crippen LogP contribution in [-0.2, 0) is 4.74 Å². The molecule has 0 radical (unpaired) electrons. The lowest BCUT2D eigenvalue weighted by Gasteiger charge is -2.45. The molecule has 1 aliphatic rings. The topological polar surface area (TPSA) is 64.8 Å². The monoisotopic (exact) mass is 316 g/mol. The number of hydrogen-bond donors (Lipinski definition) is 0. The maximum atomic E-state index is 12.8. The van der Waals surface area contributed by atoms with Gasteiger partial charge in [-0.05, 0) is 19.4 Å². The lowest BCUT2D eigenvalue weighted by Crippen LogP contribution is -2.56. The van der Waals surface area contributed by atoms with Crippen LogP contribution in [0.4, 0.5) is 0 Å². The molecule has 0 bridgehead atoms. The molecular formula is C17H20N2O4. The first kappa shape index (κ1) is 15.6. The Morgan fingerprint density at radius 1 is 1.35 bits per heavy atom. The Bertz CT molecular complexity index is 681. The van der Waals surface area contributed by atoms with Gasteiger partial charge in [-0.25, -0.2) is 0 Å². The fourth-order valence-corrected chi connectivity index (χ4v) is 2.66. The molecule has 122 valence electrons. The quantitative estimate of drug-likeness (QED) is 0.871. The molecule has 2 heterocycles. The number of benzene rings is 1. The first-order valence-electron chi connectivity index (χ1n) is 7.49. The molecule has 1 atom stereocenters. The van der Waals surface area contributed by atoms with E-state index in [0.717, 1.165) is 5.56 Å². The highest BCUT2D eigenvalue weighted by molar-refractivity contribution is 5.92. The van der Waals surface area contributed by atoms with Crippen LogP contribution in [-0.4, -0.2) is 41.6 Å². The first-order chi connectivity index (χ1) is 11.0. The Kier molecular flexibility index (Phi) is 4.09. The van der Waals surface area contributed by atoms with Crippen molar-refractivity contribution in [2.75, 3.05) is 20.3 Å². The molecule has 1 unspecified atom stereocenters. The second kappa shape index (κ2) is 6.04. The highest BCUT2D eigenvalue weighted by Gasteiger charge is 2.39. The van der Waals surface area contributed by atoms with Crippen molar-refractivity contribution in [3.05, 3.63) is 47.9 Å². The molecule has 0 N–H and O–H groups in total. The van der Waals surface area contributed by atoms with Crippen LogP contribution >= 0.6 is 0 Å². The van der Waals surface area contributed by atoms with E-state index in [1.54, 1.807) is 4.90 Å². The maximum Gasteiger partial charge on any atom is 0.393 e. The fraction of sp³-hybridized carbons (Fsp3) is 0.412. The molecule has 1 aliphatic heterocycles. The van der Waals surface area contributed by atoms with Crippen LogP contribution in [0.25, 0.3) is 0 Å². The van der Waals surface area contributed by atoms with Crippen LogP contribution in [0.1, 0.15) is 36.0 Å². The largest absolute Gasteiger partial charge is 0.454 e. The summed E-state index contributed by atoms with van der Waals surface area (Å²) in [5, 5.41) is 0. The highest BCUT2D eigenvalue weighted by atomic mass is 16.6. The number of methoxy groups -OCH3 is 1. The summed E-state index contributed by atoms with van der Waals surface area (Å²) in [5.41, 5.74) is 0.872. The predicted octanol–water partition coefficient (Wildman–Crippen LogP) is 2.68. The lowest BCUT2D eigenvalue weighted by molar-refractivity contribution is -0.0848. The third-order valence-electron chi connectivity index (χ3n) is 4.01. The smallest absolute Gasteiger partial charge is 0.393 e. The summed E-state index contributed by atoms with van der Waals surface area (Å²) < 4.78 is 16.0. The van der Waals surface area contributed by atoms with Crippen molar-refractivity contribution in [2.45, 2.75) is 25.5 Å². The fourth-order valence-electron chi connectivity index (χ4n) is 2.66. The summed E-state index contributed by atoms with van der Waals surface area (Å²) in [4.78, 5) is 18.6. The van der Waals surface area contributed by atoms with E-state index in [2.05, 4.69) is 4.98 Å². The van der Waals surface area contributed by atoms with Gasteiger partial charge in [0.2, 0.25) is 0 Å². The number of carbonyl (C=O) groups is 1. The van der Waals surface area contributed by atoms with Crippen LogP contribution in [0.2, 0.25) is 0 Å². The summed E-state index contributed by atoms with van der Waals surface area (Å²) in [6.07, 6.45) is 1.26. The van der Waals surface area contributed by atoms with Gasteiger partial charge in [-0.3, -0.25) is 4.79 Å². The van der Waals surface area contributed by atoms with Gasteiger partial charge in [0.15, 0.2) is 5.69 Å². The highest BCUT2D eigenvalue weighted by Crippen LogP contribution is 2.31. The maximum absolute atomic E-state index is 12.8. The van der Waals surface area contributed by atoms with Gasteiger partial charge in [0.25, 0.3) is 5.91 Å². The SMILES string of the molecule is COc1nc(C(=O)N2CC(c3ccccc3)OCC2(C)C)co1. The van der Waals surface area contributed by atoms with Crippen molar-refractivity contribution in [1.29, 1.82) is 0 Å².